The Morgan fingerprint density at radius 1 is 1.27 bits per heavy atom. The van der Waals surface area contributed by atoms with Crippen molar-refractivity contribution in [2.45, 2.75) is 39.8 Å². The van der Waals surface area contributed by atoms with E-state index in [0.717, 1.165) is 11.4 Å². The van der Waals surface area contributed by atoms with Crippen LogP contribution >= 0.6 is 0 Å². The number of hydrogen-bond donors (Lipinski definition) is 0. The number of aryl methyl sites for hydroxylation is 1. The van der Waals surface area contributed by atoms with Crippen LogP contribution in [-0.4, -0.2) is 49.8 Å². The van der Waals surface area contributed by atoms with Gasteiger partial charge >= 0.3 is 5.97 Å². The van der Waals surface area contributed by atoms with E-state index < -0.39 is 5.97 Å². The fraction of sp³-hybridized carbons (Fsp3) is 0.381. The van der Waals surface area contributed by atoms with Crippen molar-refractivity contribution in [3.8, 4) is 0 Å². The van der Waals surface area contributed by atoms with Crippen LogP contribution in [0.15, 0.2) is 35.0 Å². The molecular formula is C21H23N5O4. The Labute approximate surface area is 173 Å². The van der Waals surface area contributed by atoms with Crippen molar-refractivity contribution in [2.24, 2.45) is 0 Å². The van der Waals surface area contributed by atoms with Crippen LogP contribution in [0.1, 0.15) is 57.5 Å². The fourth-order valence-corrected chi connectivity index (χ4v) is 3.55. The van der Waals surface area contributed by atoms with Crippen LogP contribution < -0.4 is 0 Å². The molecule has 1 aliphatic rings. The number of carbonyl (C=O) groups is 2. The minimum Gasteiger partial charge on any atom is -0.461 e. The summed E-state index contributed by atoms with van der Waals surface area (Å²) in [4.78, 5) is 31.4. The number of ether oxygens (including phenoxy) is 1. The Bertz CT molecular complexity index is 1060. The molecule has 30 heavy (non-hydrogen) atoms. The zero-order chi connectivity index (χ0) is 21.1. The van der Waals surface area contributed by atoms with Gasteiger partial charge in [-0.1, -0.05) is 18.1 Å². The predicted octanol–water partition coefficient (Wildman–Crippen LogP) is 2.25. The first-order valence-corrected chi connectivity index (χ1v) is 10.0. The minimum absolute atomic E-state index is 0.226. The molecule has 1 aliphatic heterocycles. The largest absolute Gasteiger partial charge is 0.461 e. The molecule has 0 radical (unpaired) electrons. The summed E-state index contributed by atoms with van der Waals surface area (Å²) in [6, 6.07) is 7.33. The van der Waals surface area contributed by atoms with Gasteiger partial charge in [0.25, 0.3) is 5.91 Å². The minimum atomic E-state index is -0.488. The Morgan fingerprint density at radius 2 is 2.13 bits per heavy atom. The van der Waals surface area contributed by atoms with Crippen LogP contribution in [0.5, 0.6) is 0 Å². The summed E-state index contributed by atoms with van der Waals surface area (Å²) in [5.74, 6) is -0.0552. The van der Waals surface area contributed by atoms with E-state index in [4.69, 9.17) is 9.26 Å². The SMILES string of the molecule is CCOC(=O)c1nn(Cc2ccccn2)c2c1CN(C(=O)c1cc(CC)on1)CC2. The average Bonchev–Trinajstić information content (AvgIpc) is 3.39. The van der Waals surface area contributed by atoms with Gasteiger partial charge in [0, 0.05) is 42.9 Å². The molecule has 0 bridgehead atoms. The third-order valence-electron chi connectivity index (χ3n) is 5.05. The topological polar surface area (TPSA) is 103 Å². The first-order chi connectivity index (χ1) is 14.6. The molecule has 4 rings (SSSR count). The lowest BCUT2D eigenvalue weighted by atomic mass is 10.0. The number of pyridine rings is 1. The van der Waals surface area contributed by atoms with Gasteiger partial charge in [0.1, 0.15) is 5.76 Å². The summed E-state index contributed by atoms with van der Waals surface area (Å²) < 4.78 is 12.1. The van der Waals surface area contributed by atoms with Gasteiger partial charge in [-0.3, -0.25) is 14.5 Å². The van der Waals surface area contributed by atoms with Crippen LogP contribution in [0.4, 0.5) is 0 Å². The van der Waals surface area contributed by atoms with Crippen molar-refractivity contribution in [2.75, 3.05) is 13.2 Å². The molecule has 0 unspecified atom stereocenters. The van der Waals surface area contributed by atoms with Gasteiger partial charge in [0.2, 0.25) is 0 Å². The summed E-state index contributed by atoms with van der Waals surface area (Å²) in [6.07, 6.45) is 2.96. The molecule has 0 aliphatic carbocycles. The second-order valence-corrected chi connectivity index (χ2v) is 6.98. The van der Waals surface area contributed by atoms with Crippen molar-refractivity contribution in [1.29, 1.82) is 0 Å². The van der Waals surface area contributed by atoms with Crippen molar-refractivity contribution in [3.63, 3.8) is 0 Å². The monoisotopic (exact) mass is 409 g/mol. The molecule has 3 aromatic heterocycles. The zero-order valence-electron chi connectivity index (χ0n) is 17.0. The maximum absolute atomic E-state index is 12.9. The number of amides is 1. The second-order valence-electron chi connectivity index (χ2n) is 6.98. The number of hydrogen-bond acceptors (Lipinski definition) is 7. The van der Waals surface area contributed by atoms with Crippen molar-refractivity contribution >= 4 is 11.9 Å². The first kappa shape index (κ1) is 19.8. The third kappa shape index (κ3) is 3.83. The van der Waals surface area contributed by atoms with Gasteiger partial charge in [-0.05, 0) is 19.1 Å². The molecule has 0 atom stereocenters. The molecule has 4 heterocycles. The standard InChI is InChI=1S/C21H23N5O4/c1-3-15-11-17(24-30-15)20(27)25-10-8-18-16(13-25)19(21(28)29-4-2)23-26(18)12-14-7-5-6-9-22-14/h5-7,9,11H,3-4,8,10,12-13H2,1-2H3. The molecule has 1 amide bonds. The molecule has 0 spiro atoms. The summed E-state index contributed by atoms with van der Waals surface area (Å²) in [5.41, 5.74) is 2.99. The molecule has 3 aromatic rings. The number of carbonyl (C=O) groups excluding carboxylic acids is 2. The molecule has 9 heteroatoms. The average molecular weight is 409 g/mol. The number of fused-ring (bicyclic) bond motifs is 1. The highest BCUT2D eigenvalue weighted by Gasteiger charge is 2.32. The Kier molecular flexibility index (Phi) is 5.60. The fourth-order valence-electron chi connectivity index (χ4n) is 3.55. The molecule has 0 N–H and O–H groups in total. The van der Waals surface area contributed by atoms with Crippen molar-refractivity contribution < 1.29 is 18.8 Å². The van der Waals surface area contributed by atoms with E-state index in [2.05, 4.69) is 15.2 Å². The number of nitrogens with zero attached hydrogens (tertiary/aromatic N) is 5. The summed E-state index contributed by atoms with van der Waals surface area (Å²) in [7, 11) is 0. The highest BCUT2D eigenvalue weighted by molar-refractivity contribution is 5.93. The zero-order valence-corrected chi connectivity index (χ0v) is 17.0. The Balaban J connectivity index is 1.64. The van der Waals surface area contributed by atoms with Crippen LogP contribution in [0.25, 0.3) is 0 Å². The summed E-state index contributed by atoms with van der Waals surface area (Å²) >= 11 is 0. The van der Waals surface area contributed by atoms with E-state index in [-0.39, 0.29) is 30.4 Å². The number of rotatable bonds is 6. The van der Waals surface area contributed by atoms with Crippen molar-refractivity contribution in [3.05, 3.63) is 64.6 Å². The Morgan fingerprint density at radius 3 is 2.83 bits per heavy atom. The van der Waals surface area contributed by atoms with E-state index in [0.29, 0.717) is 37.3 Å². The highest BCUT2D eigenvalue weighted by atomic mass is 16.5. The summed E-state index contributed by atoms with van der Waals surface area (Å²) in [5, 5.41) is 8.40. The van der Waals surface area contributed by atoms with E-state index in [1.807, 2.05) is 25.1 Å². The lowest BCUT2D eigenvalue weighted by Gasteiger charge is -2.27. The van der Waals surface area contributed by atoms with E-state index in [1.165, 1.54) is 0 Å². The number of esters is 1. The van der Waals surface area contributed by atoms with Crippen LogP contribution in [-0.2, 0) is 30.7 Å². The van der Waals surface area contributed by atoms with Crippen LogP contribution in [0, 0.1) is 0 Å². The maximum atomic E-state index is 12.9. The quantitative estimate of drug-likeness (QED) is 0.575. The smallest absolute Gasteiger partial charge is 0.359 e. The molecule has 0 saturated heterocycles. The summed E-state index contributed by atoms with van der Waals surface area (Å²) in [6.45, 7) is 5.14. The molecule has 9 nitrogen and oxygen atoms in total. The molecule has 0 saturated carbocycles. The van der Waals surface area contributed by atoms with Crippen LogP contribution in [0.2, 0.25) is 0 Å². The van der Waals surface area contributed by atoms with E-state index in [1.54, 1.807) is 28.8 Å². The van der Waals surface area contributed by atoms with Crippen LogP contribution in [0.3, 0.4) is 0 Å². The van der Waals surface area contributed by atoms with Gasteiger partial charge in [-0.25, -0.2) is 4.79 Å². The van der Waals surface area contributed by atoms with Gasteiger partial charge in [-0.15, -0.1) is 0 Å². The normalized spacial score (nSPS) is 13.2. The second kappa shape index (κ2) is 8.48. The first-order valence-electron chi connectivity index (χ1n) is 10.0. The Hall–Kier alpha value is -3.49. The molecule has 0 fully saturated rings. The van der Waals surface area contributed by atoms with Crippen molar-refractivity contribution in [1.82, 2.24) is 24.8 Å². The molecular weight excluding hydrogens is 386 g/mol. The van der Waals surface area contributed by atoms with Gasteiger partial charge < -0.3 is 14.2 Å². The maximum Gasteiger partial charge on any atom is 0.359 e. The molecule has 0 aromatic carbocycles. The van der Waals surface area contributed by atoms with Gasteiger partial charge in [0.05, 0.1) is 25.4 Å². The highest BCUT2D eigenvalue weighted by Crippen LogP contribution is 2.25. The number of aromatic nitrogens is 4. The molecule has 156 valence electrons. The predicted molar refractivity (Wildman–Crippen MR) is 106 cm³/mol. The third-order valence-corrected chi connectivity index (χ3v) is 5.05. The lowest BCUT2D eigenvalue weighted by molar-refractivity contribution is 0.0512. The van der Waals surface area contributed by atoms with Gasteiger partial charge in [-0.2, -0.15) is 5.10 Å². The van der Waals surface area contributed by atoms with E-state index >= 15 is 0 Å². The van der Waals surface area contributed by atoms with Gasteiger partial charge in [0.15, 0.2) is 11.4 Å². The lowest BCUT2D eigenvalue weighted by Crippen LogP contribution is -2.37. The van der Waals surface area contributed by atoms with E-state index in [9.17, 15) is 9.59 Å².